The Balaban J connectivity index is 2.22. The Morgan fingerprint density at radius 1 is 1.37 bits per heavy atom. The van der Waals surface area contributed by atoms with Crippen molar-refractivity contribution < 1.29 is 13.9 Å². The molecule has 1 N–H and O–H groups in total. The van der Waals surface area contributed by atoms with E-state index in [1.165, 1.54) is 37.6 Å². The van der Waals surface area contributed by atoms with Crippen LogP contribution in [-0.4, -0.2) is 23.0 Å². The van der Waals surface area contributed by atoms with Crippen LogP contribution in [0.3, 0.4) is 0 Å². The summed E-state index contributed by atoms with van der Waals surface area (Å²) in [6, 6.07) is 5.65. The first-order valence-corrected chi connectivity index (χ1v) is 5.61. The van der Waals surface area contributed by atoms with Gasteiger partial charge in [0.05, 0.1) is 13.3 Å². The zero-order valence-electron chi connectivity index (χ0n) is 9.85. The molecule has 0 unspecified atom stereocenters. The Labute approximate surface area is 113 Å². The maximum atomic E-state index is 12.8. The molecule has 0 spiro atoms. The fraction of sp³-hybridized carbons (Fsp3) is 0.0833. The van der Waals surface area contributed by atoms with Gasteiger partial charge in [0.15, 0.2) is 16.7 Å². The van der Waals surface area contributed by atoms with Gasteiger partial charge in [-0.3, -0.25) is 0 Å². The van der Waals surface area contributed by atoms with Gasteiger partial charge >= 0.3 is 5.97 Å². The van der Waals surface area contributed by atoms with Crippen LogP contribution in [0.5, 0.6) is 0 Å². The van der Waals surface area contributed by atoms with Crippen molar-refractivity contribution in [2.24, 2.45) is 0 Å². The lowest BCUT2D eigenvalue weighted by molar-refractivity contribution is 0.0593. The van der Waals surface area contributed by atoms with E-state index in [4.69, 9.17) is 11.6 Å². The number of halogens is 2. The van der Waals surface area contributed by atoms with Gasteiger partial charge in [-0.15, -0.1) is 0 Å². The van der Waals surface area contributed by atoms with E-state index in [-0.39, 0.29) is 22.5 Å². The highest BCUT2D eigenvalue weighted by Crippen LogP contribution is 2.21. The number of hydrogen-bond acceptors (Lipinski definition) is 5. The first-order valence-electron chi connectivity index (χ1n) is 5.23. The minimum Gasteiger partial charge on any atom is -0.464 e. The molecule has 0 aliphatic rings. The third-order valence-corrected chi connectivity index (χ3v) is 2.49. The fourth-order valence-electron chi connectivity index (χ4n) is 1.32. The lowest BCUT2D eigenvalue weighted by Gasteiger charge is -2.07. The van der Waals surface area contributed by atoms with E-state index in [0.29, 0.717) is 5.69 Å². The maximum Gasteiger partial charge on any atom is 0.358 e. The van der Waals surface area contributed by atoms with Crippen LogP contribution in [-0.2, 0) is 4.74 Å². The van der Waals surface area contributed by atoms with Gasteiger partial charge in [-0.2, -0.15) is 0 Å². The summed E-state index contributed by atoms with van der Waals surface area (Å²) in [5, 5.41) is 2.88. The number of carbonyl (C=O) groups excluding carboxylic acids is 1. The Kier molecular flexibility index (Phi) is 3.91. The molecule has 0 radical (unpaired) electrons. The van der Waals surface area contributed by atoms with Crippen molar-refractivity contribution >= 4 is 29.1 Å². The summed E-state index contributed by atoms with van der Waals surface area (Å²) in [4.78, 5) is 19.0. The molecule has 19 heavy (non-hydrogen) atoms. The molecule has 0 fully saturated rings. The zero-order valence-corrected chi connectivity index (χ0v) is 10.6. The van der Waals surface area contributed by atoms with Gasteiger partial charge < -0.3 is 10.1 Å². The molecule has 0 atom stereocenters. The molecule has 1 aromatic heterocycles. The molecular formula is C12H9ClFN3O2. The molecule has 2 rings (SSSR count). The number of rotatable bonds is 3. The Bertz CT molecular complexity index is 604. The number of esters is 1. The summed E-state index contributed by atoms with van der Waals surface area (Å²) in [7, 11) is 1.24. The Morgan fingerprint density at radius 2 is 2.05 bits per heavy atom. The molecule has 98 valence electrons. The second-order valence-electron chi connectivity index (χ2n) is 3.52. The molecule has 5 nitrogen and oxygen atoms in total. The van der Waals surface area contributed by atoms with Crippen LogP contribution in [0.25, 0.3) is 0 Å². The van der Waals surface area contributed by atoms with Crippen LogP contribution in [0.2, 0.25) is 5.15 Å². The van der Waals surface area contributed by atoms with E-state index in [1.807, 2.05) is 0 Å². The van der Waals surface area contributed by atoms with Gasteiger partial charge in [0, 0.05) is 5.69 Å². The summed E-state index contributed by atoms with van der Waals surface area (Å²) in [5.41, 5.74) is 0.612. The number of anilines is 2. The molecule has 0 amide bonds. The largest absolute Gasteiger partial charge is 0.464 e. The predicted molar refractivity (Wildman–Crippen MR) is 68.1 cm³/mol. The highest BCUT2D eigenvalue weighted by atomic mass is 35.5. The van der Waals surface area contributed by atoms with Crippen molar-refractivity contribution in [2.45, 2.75) is 0 Å². The highest BCUT2D eigenvalue weighted by Gasteiger charge is 2.12. The SMILES string of the molecule is COC(=O)c1cnc(Nc2ccc(F)cc2)c(Cl)n1. The zero-order chi connectivity index (χ0) is 13.8. The van der Waals surface area contributed by atoms with Crippen molar-refractivity contribution in [3.63, 3.8) is 0 Å². The topological polar surface area (TPSA) is 64.1 Å². The predicted octanol–water partition coefficient (Wildman–Crippen LogP) is 2.80. The van der Waals surface area contributed by atoms with Crippen LogP contribution in [0.1, 0.15) is 10.5 Å². The second kappa shape index (κ2) is 5.62. The molecule has 0 saturated carbocycles. The Hall–Kier alpha value is -2.21. The summed E-state index contributed by atoms with van der Waals surface area (Å²) in [6.07, 6.45) is 1.24. The number of ether oxygens (including phenoxy) is 1. The van der Waals surface area contributed by atoms with Crippen molar-refractivity contribution in [3.05, 3.63) is 47.1 Å². The number of methoxy groups -OCH3 is 1. The van der Waals surface area contributed by atoms with E-state index in [2.05, 4.69) is 20.0 Å². The average Bonchev–Trinajstić information content (AvgIpc) is 2.42. The third kappa shape index (κ3) is 3.17. The van der Waals surface area contributed by atoms with Gasteiger partial charge in [0.1, 0.15) is 5.82 Å². The van der Waals surface area contributed by atoms with Gasteiger partial charge in [0.25, 0.3) is 0 Å². The van der Waals surface area contributed by atoms with E-state index in [1.54, 1.807) is 0 Å². The van der Waals surface area contributed by atoms with Crippen LogP contribution >= 0.6 is 11.6 Å². The number of benzene rings is 1. The Morgan fingerprint density at radius 3 is 2.63 bits per heavy atom. The van der Waals surface area contributed by atoms with Crippen molar-refractivity contribution in [1.29, 1.82) is 0 Å². The molecule has 2 aromatic rings. The van der Waals surface area contributed by atoms with Crippen LogP contribution in [0, 0.1) is 5.82 Å². The average molecular weight is 282 g/mol. The second-order valence-corrected chi connectivity index (χ2v) is 3.88. The summed E-state index contributed by atoms with van der Waals surface area (Å²) >= 11 is 5.89. The molecular weight excluding hydrogens is 273 g/mol. The number of nitrogens with one attached hydrogen (secondary N) is 1. The number of nitrogens with zero attached hydrogens (tertiary/aromatic N) is 2. The summed E-state index contributed by atoms with van der Waals surface area (Å²) in [6.45, 7) is 0. The first-order chi connectivity index (χ1) is 9.10. The van der Waals surface area contributed by atoms with Gasteiger partial charge in [0.2, 0.25) is 0 Å². The fourth-order valence-corrected chi connectivity index (χ4v) is 1.51. The standard InChI is InChI=1S/C12H9ClFN3O2/c1-19-12(18)9-6-15-11(10(13)17-9)16-8-4-2-7(14)3-5-8/h2-6H,1H3,(H,15,16). The normalized spacial score (nSPS) is 10.1. The third-order valence-electron chi connectivity index (χ3n) is 2.23. The molecule has 0 aliphatic carbocycles. The lowest BCUT2D eigenvalue weighted by atomic mass is 10.3. The van der Waals surface area contributed by atoms with E-state index < -0.39 is 5.97 Å². The summed E-state index contributed by atoms with van der Waals surface area (Å²) < 4.78 is 17.3. The highest BCUT2D eigenvalue weighted by molar-refractivity contribution is 6.31. The minimum absolute atomic E-state index is 0.0113. The van der Waals surface area contributed by atoms with Gasteiger partial charge in [-0.25, -0.2) is 19.2 Å². The van der Waals surface area contributed by atoms with E-state index in [0.717, 1.165) is 0 Å². The minimum atomic E-state index is -0.622. The van der Waals surface area contributed by atoms with Gasteiger partial charge in [-0.05, 0) is 24.3 Å². The van der Waals surface area contributed by atoms with Crippen molar-refractivity contribution in [3.8, 4) is 0 Å². The van der Waals surface area contributed by atoms with Crippen molar-refractivity contribution in [1.82, 2.24) is 9.97 Å². The molecule has 1 aromatic carbocycles. The van der Waals surface area contributed by atoms with Gasteiger partial charge in [-0.1, -0.05) is 11.6 Å². The quantitative estimate of drug-likeness (QED) is 0.877. The van der Waals surface area contributed by atoms with Crippen LogP contribution in [0.4, 0.5) is 15.9 Å². The molecule has 0 aliphatic heterocycles. The van der Waals surface area contributed by atoms with E-state index in [9.17, 15) is 9.18 Å². The van der Waals surface area contributed by atoms with Crippen LogP contribution in [0.15, 0.2) is 30.5 Å². The number of hydrogen-bond donors (Lipinski definition) is 1. The number of aromatic nitrogens is 2. The lowest BCUT2D eigenvalue weighted by Crippen LogP contribution is -2.06. The summed E-state index contributed by atoms with van der Waals surface area (Å²) in [5.74, 6) is -0.701. The molecule has 7 heteroatoms. The molecule has 0 bridgehead atoms. The smallest absolute Gasteiger partial charge is 0.358 e. The molecule has 1 heterocycles. The monoisotopic (exact) mass is 281 g/mol. The van der Waals surface area contributed by atoms with E-state index >= 15 is 0 Å². The van der Waals surface area contributed by atoms with Crippen LogP contribution < -0.4 is 5.32 Å². The van der Waals surface area contributed by atoms with Crippen molar-refractivity contribution in [2.75, 3.05) is 12.4 Å². The number of carbonyl (C=O) groups is 1. The maximum absolute atomic E-state index is 12.8. The first kappa shape index (κ1) is 13.2. The molecule has 0 saturated heterocycles.